The molecule has 1 aliphatic carbocycles. The third-order valence-electron chi connectivity index (χ3n) is 4.73. The summed E-state index contributed by atoms with van der Waals surface area (Å²) in [6, 6.07) is 16.7. The smallest absolute Gasteiger partial charge is 0.149 e. The van der Waals surface area contributed by atoms with Crippen molar-refractivity contribution in [3.05, 3.63) is 95.5 Å². The summed E-state index contributed by atoms with van der Waals surface area (Å²) in [4.78, 5) is 0. The summed E-state index contributed by atoms with van der Waals surface area (Å²) in [5.74, 6) is 1.86. The molecule has 0 bridgehead atoms. The maximum Gasteiger partial charge on any atom is 0.149 e. The molecular formula is C22H16O2. The molecular weight excluding hydrogens is 296 g/mol. The van der Waals surface area contributed by atoms with Gasteiger partial charge in [0.25, 0.3) is 0 Å². The van der Waals surface area contributed by atoms with Crippen molar-refractivity contribution in [3.8, 4) is 16.9 Å². The molecule has 2 heteroatoms. The van der Waals surface area contributed by atoms with Gasteiger partial charge in [-0.3, -0.25) is 0 Å². The Balaban J connectivity index is 1.75. The minimum atomic E-state index is -0.0662. The van der Waals surface area contributed by atoms with E-state index < -0.39 is 0 Å². The summed E-state index contributed by atoms with van der Waals surface area (Å²) in [5, 5.41) is 0. The molecule has 116 valence electrons. The number of benzene rings is 2. The fourth-order valence-electron chi connectivity index (χ4n) is 3.65. The molecule has 0 radical (unpaired) electrons. The fourth-order valence-corrected chi connectivity index (χ4v) is 3.65. The van der Waals surface area contributed by atoms with Gasteiger partial charge < -0.3 is 9.47 Å². The Morgan fingerprint density at radius 3 is 2.62 bits per heavy atom. The molecule has 1 atom stereocenters. The summed E-state index contributed by atoms with van der Waals surface area (Å²) in [6.07, 6.45) is 7.84. The van der Waals surface area contributed by atoms with Gasteiger partial charge >= 0.3 is 0 Å². The number of hydrogen-bond acceptors (Lipinski definition) is 2. The molecule has 0 N–H and O–H groups in total. The van der Waals surface area contributed by atoms with Gasteiger partial charge in [-0.1, -0.05) is 48.5 Å². The molecule has 2 aromatic carbocycles. The van der Waals surface area contributed by atoms with Crippen LogP contribution in [-0.4, -0.2) is 6.10 Å². The minimum Gasteiger partial charge on any atom is -0.480 e. The third kappa shape index (κ3) is 1.83. The van der Waals surface area contributed by atoms with Crippen LogP contribution < -0.4 is 4.74 Å². The average molecular weight is 312 g/mol. The zero-order valence-corrected chi connectivity index (χ0v) is 13.3. The molecule has 24 heavy (non-hydrogen) atoms. The molecule has 2 nitrogen and oxygen atoms in total. The Labute approximate surface area is 141 Å². The lowest BCUT2D eigenvalue weighted by atomic mass is 9.87. The van der Waals surface area contributed by atoms with E-state index in [2.05, 4.69) is 61.5 Å². The predicted octanol–water partition coefficient (Wildman–Crippen LogP) is 5.26. The first-order chi connectivity index (χ1) is 11.8. The number of hydrogen-bond donors (Lipinski definition) is 0. The largest absolute Gasteiger partial charge is 0.480 e. The van der Waals surface area contributed by atoms with Gasteiger partial charge in [0.15, 0.2) is 0 Å². The van der Waals surface area contributed by atoms with Crippen molar-refractivity contribution in [1.82, 2.24) is 0 Å². The van der Waals surface area contributed by atoms with Crippen molar-refractivity contribution >= 4 is 5.57 Å². The van der Waals surface area contributed by atoms with E-state index >= 15 is 0 Å². The van der Waals surface area contributed by atoms with E-state index in [9.17, 15) is 0 Å². The summed E-state index contributed by atoms with van der Waals surface area (Å²) < 4.78 is 12.3. The molecule has 2 heterocycles. The minimum absolute atomic E-state index is 0.0662. The van der Waals surface area contributed by atoms with Crippen LogP contribution in [0.4, 0.5) is 0 Å². The third-order valence-corrected chi connectivity index (χ3v) is 4.73. The quantitative estimate of drug-likeness (QED) is 0.715. The summed E-state index contributed by atoms with van der Waals surface area (Å²) in [5.41, 5.74) is 6.88. The molecule has 5 rings (SSSR count). The number of fused-ring (bicyclic) bond motifs is 4. The van der Waals surface area contributed by atoms with Crippen LogP contribution in [0.2, 0.25) is 0 Å². The van der Waals surface area contributed by atoms with E-state index in [1.807, 2.05) is 12.1 Å². The lowest BCUT2D eigenvalue weighted by Gasteiger charge is -2.24. The summed E-state index contributed by atoms with van der Waals surface area (Å²) >= 11 is 0. The maximum atomic E-state index is 6.40. The molecule has 3 aliphatic rings. The SMILES string of the molecule is CC1=CC2=CC=COC2=C2c3cccc(-c4ccccc4)c3OC12. The van der Waals surface area contributed by atoms with Crippen molar-refractivity contribution in [1.29, 1.82) is 0 Å². The van der Waals surface area contributed by atoms with E-state index in [1.165, 1.54) is 11.1 Å². The van der Waals surface area contributed by atoms with Gasteiger partial charge in [0.2, 0.25) is 0 Å². The Hall–Kier alpha value is -3.00. The van der Waals surface area contributed by atoms with Crippen LogP contribution in [0.15, 0.2) is 89.9 Å². The molecule has 0 amide bonds. The van der Waals surface area contributed by atoms with Crippen LogP contribution in [0.1, 0.15) is 12.5 Å². The second-order valence-electron chi connectivity index (χ2n) is 6.25. The Kier molecular flexibility index (Phi) is 2.80. The van der Waals surface area contributed by atoms with E-state index in [-0.39, 0.29) is 6.10 Å². The second kappa shape index (κ2) is 5.00. The van der Waals surface area contributed by atoms with Crippen LogP contribution in [0.3, 0.4) is 0 Å². The molecule has 0 aromatic heterocycles. The topological polar surface area (TPSA) is 18.5 Å². The number of allylic oxidation sites excluding steroid dienone is 3. The van der Waals surface area contributed by atoms with Crippen molar-refractivity contribution in [2.24, 2.45) is 0 Å². The Morgan fingerprint density at radius 2 is 1.75 bits per heavy atom. The number of ether oxygens (including phenoxy) is 2. The van der Waals surface area contributed by atoms with Crippen LogP contribution in [0, 0.1) is 0 Å². The standard InChI is InChI=1S/C22H16O2/c1-14-13-16-9-6-12-23-21(16)19-18-11-5-10-17(22(18)24-20(14)19)15-7-3-2-4-8-15/h2-13,20H,1H3. The number of para-hydroxylation sites is 1. The van der Waals surface area contributed by atoms with E-state index in [0.29, 0.717) is 0 Å². The van der Waals surface area contributed by atoms with E-state index in [4.69, 9.17) is 9.47 Å². The first-order valence-corrected chi connectivity index (χ1v) is 8.14. The van der Waals surface area contributed by atoms with Gasteiger partial charge in [0, 0.05) is 16.7 Å². The zero-order chi connectivity index (χ0) is 16.1. The average Bonchev–Trinajstić information content (AvgIpc) is 3.03. The second-order valence-corrected chi connectivity index (χ2v) is 6.25. The molecule has 2 aliphatic heterocycles. The van der Waals surface area contributed by atoms with E-state index in [1.54, 1.807) is 6.26 Å². The maximum absolute atomic E-state index is 6.40. The lowest BCUT2D eigenvalue weighted by molar-refractivity contribution is 0.298. The number of rotatable bonds is 1. The van der Waals surface area contributed by atoms with Crippen LogP contribution in [0.5, 0.6) is 5.75 Å². The van der Waals surface area contributed by atoms with Crippen LogP contribution in [-0.2, 0) is 4.74 Å². The first kappa shape index (κ1) is 13.4. The highest BCUT2D eigenvalue weighted by molar-refractivity contribution is 5.90. The Bertz CT molecular complexity index is 959. The highest BCUT2D eigenvalue weighted by Gasteiger charge is 2.38. The van der Waals surface area contributed by atoms with Gasteiger partial charge in [-0.25, -0.2) is 0 Å². The summed E-state index contributed by atoms with van der Waals surface area (Å²) in [6.45, 7) is 2.12. The van der Waals surface area contributed by atoms with Crippen LogP contribution >= 0.6 is 0 Å². The Morgan fingerprint density at radius 1 is 0.917 bits per heavy atom. The van der Waals surface area contributed by atoms with Crippen LogP contribution in [0.25, 0.3) is 16.7 Å². The van der Waals surface area contributed by atoms with Gasteiger partial charge in [-0.15, -0.1) is 0 Å². The normalized spacial score (nSPS) is 20.3. The highest BCUT2D eigenvalue weighted by Crippen LogP contribution is 2.50. The zero-order valence-electron chi connectivity index (χ0n) is 13.3. The summed E-state index contributed by atoms with van der Waals surface area (Å²) in [7, 11) is 0. The van der Waals surface area contributed by atoms with Gasteiger partial charge in [-0.05, 0) is 36.3 Å². The first-order valence-electron chi connectivity index (χ1n) is 8.14. The van der Waals surface area contributed by atoms with Crippen molar-refractivity contribution < 1.29 is 9.47 Å². The highest BCUT2D eigenvalue weighted by atomic mass is 16.5. The predicted molar refractivity (Wildman–Crippen MR) is 95.3 cm³/mol. The van der Waals surface area contributed by atoms with Crippen molar-refractivity contribution in [3.63, 3.8) is 0 Å². The van der Waals surface area contributed by atoms with E-state index in [0.717, 1.165) is 33.8 Å². The molecule has 2 aromatic rings. The monoisotopic (exact) mass is 312 g/mol. The van der Waals surface area contributed by atoms with Gasteiger partial charge in [-0.2, -0.15) is 0 Å². The lowest BCUT2D eigenvalue weighted by Crippen LogP contribution is -2.20. The van der Waals surface area contributed by atoms with Crippen molar-refractivity contribution in [2.75, 3.05) is 0 Å². The molecule has 0 spiro atoms. The van der Waals surface area contributed by atoms with Gasteiger partial charge in [0.1, 0.15) is 17.6 Å². The fraction of sp³-hybridized carbons (Fsp3) is 0.0909. The van der Waals surface area contributed by atoms with Gasteiger partial charge in [0.05, 0.1) is 11.8 Å². The molecule has 0 fully saturated rings. The molecule has 0 saturated carbocycles. The van der Waals surface area contributed by atoms with Crippen molar-refractivity contribution in [2.45, 2.75) is 13.0 Å². The molecule has 1 unspecified atom stereocenters. The molecule has 0 saturated heterocycles.